The smallest absolute Gasteiger partial charge is 0.0158 e. The molecule has 110 valence electrons. The second kappa shape index (κ2) is 6.46. The van der Waals surface area contributed by atoms with Gasteiger partial charge in [0.15, 0.2) is 0 Å². The monoisotopic (exact) mass is 306 g/mol. The van der Waals surface area contributed by atoms with Crippen molar-refractivity contribution in [1.82, 2.24) is 0 Å². The molecule has 0 saturated carbocycles. The highest BCUT2D eigenvalue weighted by Crippen LogP contribution is 2.55. The predicted octanol–water partition coefficient (Wildman–Crippen LogP) is 5.04. The second-order valence-electron chi connectivity index (χ2n) is 6.71. The van der Waals surface area contributed by atoms with Gasteiger partial charge in [0.1, 0.15) is 0 Å². The van der Waals surface area contributed by atoms with E-state index < -0.39 is 0 Å². The minimum absolute atomic E-state index is 0.0710. The van der Waals surface area contributed by atoms with Gasteiger partial charge in [-0.15, -0.1) is 0 Å². The van der Waals surface area contributed by atoms with Gasteiger partial charge in [0.25, 0.3) is 0 Å². The van der Waals surface area contributed by atoms with E-state index in [4.69, 9.17) is 0 Å². The third-order valence-corrected chi connectivity index (χ3v) is 11.9. The molecule has 0 aromatic heterocycles. The quantitative estimate of drug-likeness (QED) is 0.671. The van der Waals surface area contributed by atoms with Crippen LogP contribution < -0.4 is 10.6 Å². The molecule has 20 heavy (non-hydrogen) atoms. The molecule has 0 amide bonds. The molecule has 2 saturated heterocycles. The van der Waals surface area contributed by atoms with Crippen LogP contribution in [0, 0.1) is 0 Å². The third-order valence-electron chi connectivity index (χ3n) is 5.22. The Morgan fingerprint density at radius 3 is 2.00 bits per heavy atom. The molecular formula is C18H28P2. The van der Waals surface area contributed by atoms with Crippen LogP contribution in [0.4, 0.5) is 0 Å². The van der Waals surface area contributed by atoms with Crippen molar-refractivity contribution in [2.24, 2.45) is 0 Å². The summed E-state index contributed by atoms with van der Waals surface area (Å²) in [7, 11) is 0.202. The average Bonchev–Trinajstić information content (AvgIpc) is 2.85. The first-order chi connectivity index (χ1) is 9.68. The van der Waals surface area contributed by atoms with E-state index in [0.717, 1.165) is 17.0 Å². The number of rotatable bonds is 2. The van der Waals surface area contributed by atoms with Crippen LogP contribution in [0.25, 0.3) is 0 Å². The molecule has 0 aliphatic carbocycles. The van der Waals surface area contributed by atoms with Gasteiger partial charge in [-0.3, -0.25) is 0 Å². The third kappa shape index (κ3) is 2.84. The maximum absolute atomic E-state index is 2.52. The molecule has 2 aliphatic rings. The Labute approximate surface area is 127 Å². The summed E-state index contributed by atoms with van der Waals surface area (Å²) >= 11 is 0. The molecule has 0 bridgehead atoms. The Bertz CT molecular complexity index is 446. The molecule has 1 aromatic carbocycles. The fourth-order valence-corrected chi connectivity index (χ4v) is 11.0. The van der Waals surface area contributed by atoms with E-state index in [2.05, 4.69) is 45.0 Å². The predicted molar refractivity (Wildman–Crippen MR) is 95.9 cm³/mol. The van der Waals surface area contributed by atoms with Crippen LogP contribution in [0.1, 0.15) is 52.9 Å². The van der Waals surface area contributed by atoms with E-state index in [1.165, 1.54) is 38.3 Å². The molecule has 2 aliphatic heterocycles. The van der Waals surface area contributed by atoms with Crippen molar-refractivity contribution in [3.05, 3.63) is 24.3 Å². The molecule has 2 heteroatoms. The fraction of sp³-hybridized carbons (Fsp3) is 0.667. The molecular weight excluding hydrogens is 278 g/mol. The van der Waals surface area contributed by atoms with Gasteiger partial charge in [0.2, 0.25) is 0 Å². The van der Waals surface area contributed by atoms with Crippen LogP contribution in [0.15, 0.2) is 24.3 Å². The van der Waals surface area contributed by atoms with Crippen molar-refractivity contribution < 1.29 is 0 Å². The molecule has 3 rings (SSSR count). The topological polar surface area (TPSA) is 0 Å². The maximum atomic E-state index is 2.52. The van der Waals surface area contributed by atoms with Gasteiger partial charge in [-0.05, 0) is 59.4 Å². The zero-order chi connectivity index (χ0) is 14.1. The molecule has 0 nitrogen and oxygen atoms in total. The van der Waals surface area contributed by atoms with Crippen molar-refractivity contribution in [2.75, 3.05) is 6.16 Å². The van der Waals surface area contributed by atoms with E-state index in [9.17, 15) is 0 Å². The minimum Gasteiger partial charge on any atom is -0.0717 e. The van der Waals surface area contributed by atoms with Gasteiger partial charge in [-0.1, -0.05) is 67.3 Å². The van der Waals surface area contributed by atoms with Crippen LogP contribution in [0.3, 0.4) is 0 Å². The standard InChI is InChI=1S/C18H28P2/c1-14-10-7-13-19(14)17-11-4-5-12-18(17)20-15(2)8-6-9-16(20)3/h4-5,11-12,14-16H,6-10,13H2,1-3H3/t14-,15+,16+,19?/m1/s1. The maximum Gasteiger partial charge on any atom is -0.0158 e. The number of benzene rings is 1. The lowest BCUT2D eigenvalue weighted by Crippen LogP contribution is -2.32. The normalized spacial score (nSPS) is 35.4. The largest absolute Gasteiger partial charge is 0.0717 e. The molecule has 1 aromatic rings. The van der Waals surface area contributed by atoms with Crippen molar-refractivity contribution in [1.29, 1.82) is 0 Å². The van der Waals surface area contributed by atoms with Gasteiger partial charge in [0.05, 0.1) is 0 Å². The van der Waals surface area contributed by atoms with Crippen LogP contribution >= 0.6 is 15.8 Å². The van der Waals surface area contributed by atoms with Gasteiger partial charge in [-0.2, -0.15) is 0 Å². The van der Waals surface area contributed by atoms with Crippen LogP contribution in [0.2, 0.25) is 0 Å². The molecule has 0 spiro atoms. The fourth-order valence-electron chi connectivity index (χ4n) is 4.11. The minimum atomic E-state index is 0.0710. The summed E-state index contributed by atoms with van der Waals surface area (Å²) in [5.74, 6) is 0. The summed E-state index contributed by atoms with van der Waals surface area (Å²) in [4.78, 5) is 0. The molecule has 0 N–H and O–H groups in total. The summed E-state index contributed by atoms with van der Waals surface area (Å²) in [5.41, 5.74) is 2.82. The van der Waals surface area contributed by atoms with Crippen LogP contribution in [-0.4, -0.2) is 23.1 Å². The van der Waals surface area contributed by atoms with Crippen LogP contribution in [-0.2, 0) is 0 Å². The van der Waals surface area contributed by atoms with Crippen molar-refractivity contribution in [2.45, 2.75) is 69.9 Å². The summed E-state index contributed by atoms with van der Waals surface area (Å²) in [5, 5.41) is 3.58. The first-order valence-corrected chi connectivity index (χ1v) is 11.4. The zero-order valence-corrected chi connectivity index (χ0v) is 15.0. The Hall–Kier alpha value is 0.0800. The Balaban J connectivity index is 1.96. The van der Waals surface area contributed by atoms with E-state index in [-0.39, 0.29) is 15.8 Å². The molecule has 4 atom stereocenters. The van der Waals surface area contributed by atoms with Crippen molar-refractivity contribution >= 4 is 26.5 Å². The number of hydrogen-bond donors (Lipinski definition) is 0. The summed E-state index contributed by atoms with van der Waals surface area (Å²) < 4.78 is 0. The summed E-state index contributed by atoms with van der Waals surface area (Å²) in [6.45, 7) is 7.53. The highest BCUT2D eigenvalue weighted by atomic mass is 31.1. The second-order valence-corrected chi connectivity index (χ2v) is 12.5. The Morgan fingerprint density at radius 2 is 1.40 bits per heavy atom. The van der Waals surface area contributed by atoms with E-state index in [1.54, 1.807) is 10.6 Å². The average molecular weight is 306 g/mol. The van der Waals surface area contributed by atoms with Crippen molar-refractivity contribution in [3.63, 3.8) is 0 Å². The van der Waals surface area contributed by atoms with Crippen LogP contribution in [0.5, 0.6) is 0 Å². The Morgan fingerprint density at radius 1 is 0.800 bits per heavy atom. The van der Waals surface area contributed by atoms with Crippen molar-refractivity contribution in [3.8, 4) is 0 Å². The molecule has 2 heterocycles. The lowest BCUT2D eigenvalue weighted by atomic mass is 10.1. The lowest BCUT2D eigenvalue weighted by molar-refractivity contribution is 0.628. The summed E-state index contributed by atoms with van der Waals surface area (Å²) in [6, 6.07) is 9.57. The molecule has 2 fully saturated rings. The highest BCUT2D eigenvalue weighted by Gasteiger charge is 2.33. The molecule has 0 radical (unpaired) electrons. The van der Waals surface area contributed by atoms with E-state index in [1.807, 2.05) is 0 Å². The lowest BCUT2D eigenvalue weighted by Gasteiger charge is -2.37. The first-order valence-electron chi connectivity index (χ1n) is 8.32. The SMILES string of the molecule is C[C@@H]1CCCP1c1ccccc1P1[C@@H](C)CCC[C@@H]1C. The van der Waals surface area contributed by atoms with E-state index in [0.29, 0.717) is 0 Å². The van der Waals surface area contributed by atoms with Gasteiger partial charge >= 0.3 is 0 Å². The Kier molecular flexibility index (Phi) is 4.84. The van der Waals surface area contributed by atoms with Gasteiger partial charge < -0.3 is 0 Å². The molecule has 1 unspecified atom stereocenters. The summed E-state index contributed by atoms with van der Waals surface area (Å²) in [6.07, 6.45) is 8.77. The number of hydrogen-bond acceptors (Lipinski definition) is 0. The van der Waals surface area contributed by atoms with Gasteiger partial charge in [0, 0.05) is 0 Å². The van der Waals surface area contributed by atoms with E-state index >= 15 is 0 Å². The van der Waals surface area contributed by atoms with Gasteiger partial charge in [-0.25, -0.2) is 0 Å². The zero-order valence-electron chi connectivity index (χ0n) is 13.2. The first kappa shape index (κ1) is 15.0. The highest BCUT2D eigenvalue weighted by molar-refractivity contribution is 7.73.